The van der Waals surface area contributed by atoms with Crippen LogP contribution in [0.3, 0.4) is 0 Å². The van der Waals surface area contributed by atoms with Gasteiger partial charge in [-0.3, -0.25) is 4.79 Å². The normalized spacial score (nSPS) is 15.9. The third kappa shape index (κ3) is 1.74. The van der Waals surface area contributed by atoms with Gasteiger partial charge in [0.25, 0.3) is 0 Å². The van der Waals surface area contributed by atoms with Gasteiger partial charge in [0.2, 0.25) is 5.78 Å². The average Bonchev–Trinajstić information content (AvgIpc) is 2.72. The summed E-state index contributed by atoms with van der Waals surface area (Å²) in [7, 11) is 0. The van der Waals surface area contributed by atoms with Crippen molar-refractivity contribution in [3.05, 3.63) is 26.6 Å². The van der Waals surface area contributed by atoms with Crippen molar-refractivity contribution in [2.45, 2.75) is 19.3 Å². The molecule has 1 heterocycles. The second-order valence-corrected chi connectivity index (χ2v) is 5.10. The van der Waals surface area contributed by atoms with E-state index in [1.54, 1.807) is 5.51 Å². The fraction of sp³-hybridized carbons (Fsp3) is 0.333. The van der Waals surface area contributed by atoms with E-state index < -0.39 is 0 Å². The van der Waals surface area contributed by atoms with Gasteiger partial charge in [0, 0.05) is 0 Å². The molecule has 0 N–H and O–H groups in total. The van der Waals surface area contributed by atoms with Crippen molar-refractivity contribution in [1.82, 2.24) is 4.98 Å². The molecule has 0 amide bonds. The summed E-state index contributed by atoms with van der Waals surface area (Å²) in [6, 6.07) is 0. The number of Topliss-reactive ketones (excluding diaryl/α,β-unsaturated/α-hetero) is 1. The number of hydrogen-bond acceptors (Lipinski definition) is 3. The van der Waals surface area contributed by atoms with E-state index in [4.69, 9.17) is 0 Å². The Labute approximate surface area is 88.8 Å². The van der Waals surface area contributed by atoms with Crippen LogP contribution in [-0.2, 0) is 0 Å². The Morgan fingerprint density at radius 3 is 3.00 bits per heavy atom. The summed E-state index contributed by atoms with van der Waals surface area (Å²) < 4.78 is 0.838. The van der Waals surface area contributed by atoms with E-state index in [1.807, 2.05) is 6.08 Å². The lowest BCUT2D eigenvalue weighted by molar-refractivity contribution is 0.102. The third-order valence-electron chi connectivity index (χ3n) is 2.07. The molecule has 0 aromatic carbocycles. The summed E-state index contributed by atoms with van der Waals surface area (Å²) in [5, 5.41) is 0. The summed E-state index contributed by atoms with van der Waals surface area (Å²) in [5.74, 6) is 0.0885. The molecule has 1 aromatic rings. The number of carbonyl (C=O) groups is 1. The first-order valence-electron chi connectivity index (χ1n) is 4.12. The lowest BCUT2D eigenvalue weighted by atomic mass is 10.1. The number of ketones is 1. The smallest absolute Gasteiger partial charge is 0.209 e. The first-order valence-corrected chi connectivity index (χ1v) is 5.79. The molecule has 0 atom stereocenters. The number of nitrogens with zero attached hydrogens (tertiary/aromatic N) is 1. The Morgan fingerprint density at radius 1 is 1.62 bits per heavy atom. The summed E-state index contributed by atoms with van der Waals surface area (Å²) in [4.78, 5) is 15.8. The Kier molecular flexibility index (Phi) is 2.60. The topological polar surface area (TPSA) is 30.0 Å². The molecule has 0 saturated heterocycles. The highest BCUT2D eigenvalue weighted by Crippen LogP contribution is 2.27. The third-order valence-corrected chi connectivity index (χ3v) is 3.62. The SMILES string of the molecule is O=C(C1=CCCC1)c1ncsc1Br. The van der Waals surface area contributed by atoms with Gasteiger partial charge in [-0.2, -0.15) is 0 Å². The average molecular weight is 258 g/mol. The Bertz CT molecular complexity index is 369. The molecule has 13 heavy (non-hydrogen) atoms. The lowest BCUT2D eigenvalue weighted by Gasteiger charge is -1.97. The molecule has 1 aromatic heterocycles. The van der Waals surface area contributed by atoms with E-state index in [9.17, 15) is 4.79 Å². The van der Waals surface area contributed by atoms with E-state index in [0.29, 0.717) is 5.69 Å². The fourth-order valence-electron chi connectivity index (χ4n) is 1.41. The number of halogens is 1. The molecule has 1 aliphatic rings. The molecule has 0 spiro atoms. The second-order valence-electron chi connectivity index (χ2n) is 2.93. The van der Waals surface area contributed by atoms with Crippen LogP contribution >= 0.6 is 27.3 Å². The molecule has 0 fully saturated rings. The molecule has 0 unspecified atom stereocenters. The first-order chi connectivity index (χ1) is 6.29. The second kappa shape index (κ2) is 3.72. The molecular weight excluding hydrogens is 250 g/mol. The van der Waals surface area contributed by atoms with Gasteiger partial charge in [-0.15, -0.1) is 11.3 Å². The minimum Gasteiger partial charge on any atom is -0.287 e. The highest BCUT2D eigenvalue weighted by molar-refractivity contribution is 9.11. The van der Waals surface area contributed by atoms with Gasteiger partial charge >= 0.3 is 0 Å². The van der Waals surface area contributed by atoms with Crippen molar-refractivity contribution in [1.29, 1.82) is 0 Å². The van der Waals surface area contributed by atoms with Crippen LogP contribution in [0.2, 0.25) is 0 Å². The fourth-order valence-corrected chi connectivity index (χ4v) is 2.45. The van der Waals surface area contributed by atoms with Crippen molar-refractivity contribution in [2.24, 2.45) is 0 Å². The maximum Gasteiger partial charge on any atom is 0.209 e. The highest BCUT2D eigenvalue weighted by Gasteiger charge is 2.19. The van der Waals surface area contributed by atoms with Crippen molar-refractivity contribution in [2.75, 3.05) is 0 Å². The molecule has 0 bridgehead atoms. The lowest BCUT2D eigenvalue weighted by Crippen LogP contribution is -2.02. The van der Waals surface area contributed by atoms with E-state index in [1.165, 1.54) is 11.3 Å². The number of allylic oxidation sites excluding steroid dienone is 2. The van der Waals surface area contributed by atoms with E-state index >= 15 is 0 Å². The molecule has 0 radical (unpaired) electrons. The van der Waals surface area contributed by atoms with Crippen LogP contribution in [0.4, 0.5) is 0 Å². The molecule has 0 saturated carbocycles. The van der Waals surface area contributed by atoms with Gasteiger partial charge < -0.3 is 0 Å². The molecule has 68 valence electrons. The minimum atomic E-state index is 0.0885. The van der Waals surface area contributed by atoms with Gasteiger partial charge in [0.15, 0.2) is 0 Å². The van der Waals surface area contributed by atoms with Crippen molar-refractivity contribution in [3.63, 3.8) is 0 Å². The summed E-state index contributed by atoms with van der Waals surface area (Å²) in [6.45, 7) is 0. The monoisotopic (exact) mass is 257 g/mol. The van der Waals surface area contributed by atoms with Gasteiger partial charge in [-0.25, -0.2) is 4.98 Å². The Morgan fingerprint density at radius 2 is 2.46 bits per heavy atom. The Balaban J connectivity index is 2.27. The largest absolute Gasteiger partial charge is 0.287 e. The number of aromatic nitrogens is 1. The van der Waals surface area contributed by atoms with Crippen LogP contribution in [0.5, 0.6) is 0 Å². The molecule has 4 heteroatoms. The predicted octanol–water partition coefficient (Wildman–Crippen LogP) is 3.20. The van der Waals surface area contributed by atoms with Gasteiger partial charge in [-0.05, 0) is 40.8 Å². The minimum absolute atomic E-state index is 0.0885. The van der Waals surface area contributed by atoms with Crippen LogP contribution in [-0.4, -0.2) is 10.8 Å². The Hall–Kier alpha value is -0.480. The van der Waals surface area contributed by atoms with E-state index in [-0.39, 0.29) is 5.78 Å². The van der Waals surface area contributed by atoms with Gasteiger partial charge in [0.1, 0.15) is 9.48 Å². The van der Waals surface area contributed by atoms with Crippen molar-refractivity contribution < 1.29 is 4.79 Å². The summed E-state index contributed by atoms with van der Waals surface area (Å²) in [6.07, 6.45) is 5.06. The van der Waals surface area contributed by atoms with Gasteiger partial charge in [0.05, 0.1) is 5.51 Å². The quantitative estimate of drug-likeness (QED) is 0.762. The highest BCUT2D eigenvalue weighted by atomic mass is 79.9. The predicted molar refractivity (Wildman–Crippen MR) is 56.1 cm³/mol. The van der Waals surface area contributed by atoms with Crippen LogP contribution in [0.1, 0.15) is 29.8 Å². The molecular formula is C9H8BrNOS. The molecule has 0 aliphatic heterocycles. The number of rotatable bonds is 2. The number of hydrogen-bond donors (Lipinski definition) is 0. The van der Waals surface area contributed by atoms with Crippen LogP contribution in [0.25, 0.3) is 0 Å². The van der Waals surface area contributed by atoms with Gasteiger partial charge in [-0.1, -0.05) is 6.08 Å². The van der Waals surface area contributed by atoms with Crippen molar-refractivity contribution >= 4 is 33.0 Å². The number of carbonyl (C=O) groups excluding carboxylic acids is 1. The van der Waals surface area contributed by atoms with Crippen LogP contribution < -0.4 is 0 Å². The maximum atomic E-state index is 11.8. The van der Waals surface area contributed by atoms with E-state index in [0.717, 1.165) is 28.6 Å². The summed E-state index contributed by atoms with van der Waals surface area (Å²) >= 11 is 4.77. The summed E-state index contributed by atoms with van der Waals surface area (Å²) in [5.41, 5.74) is 3.18. The van der Waals surface area contributed by atoms with Crippen LogP contribution in [0.15, 0.2) is 20.9 Å². The molecule has 2 rings (SSSR count). The zero-order chi connectivity index (χ0) is 9.26. The van der Waals surface area contributed by atoms with E-state index in [2.05, 4.69) is 20.9 Å². The van der Waals surface area contributed by atoms with Crippen LogP contribution in [0, 0.1) is 0 Å². The number of thiazole rings is 1. The van der Waals surface area contributed by atoms with Crippen molar-refractivity contribution in [3.8, 4) is 0 Å². The molecule has 1 aliphatic carbocycles. The molecule has 2 nitrogen and oxygen atoms in total. The maximum absolute atomic E-state index is 11.8. The standard InChI is InChI=1S/C9H8BrNOS/c10-9-7(11-5-13-9)8(12)6-3-1-2-4-6/h3,5H,1-2,4H2. The zero-order valence-electron chi connectivity index (χ0n) is 6.92. The first kappa shape index (κ1) is 9.09. The zero-order valence-corrected chi connectivity index (χ0v) is 9.32.